The van der Waals surface area contributed by atoms with Gasteiger partial charge in [0.1, 0.15) is 17.8 Å². The fraction of sp³-hybridized carbons (Fsp3) is 0.500. The van der Waals surface area contributed by atoms with Gasteiger partial charge in [0.2, 0.25) is 11.8 Å². The number of aryl methyl sites for hydroxylation is 1. The molecular weight excluding hydrogens is 320 g/mol. The van der Waals surface area contributed by atoms with E-state index < -0.39 is 18.7 Å². The van der Waals surface area contributed by atoms with Crippen LogP contribution in [-0.4, -0.2) is 52.2 Å². The number of benzene rings is 1. The topological polar surface area (TPSA) is 89.9 Å². The number of aromatic hydroxyl groups is 1. The highest BCUT2D eigenvalue weighted by Gasteiger charge is 2.44. The quantitative estimate of drug-likeness (QED) is 0.748. The first kappa shape index (κ1) is 16.1. The molecule has 0 spiro atoms. The Morgan fingerprint density at radius 3 is 2.83 bits per heavy atom. The van der Waals surface area contributed by atoms with Gasteiger partial charge in [-0.2, -0.15) is 0 Å². The van der Waals surface area contributed by atoms with E-state index in [2.05, 4.69) is 5.32 Å². The molecule has 2 saturated heterocycles. The normalized spacial score (nSPS) is 27.6. The van der Waals surface area contributed by atoms with Crippen LogP contribution < -0.4 is 5.32 Å². The number of hydrogen-bond donors (Lipinski definition) is 3. The first-order chi connectivity index (χ1) is 10.9. The van der Waals surface area contributed by atoms with Crippen molar-refractivity contribution in [1.82, 2.24) is 10.2 Å². The summed E-state index contributed by atoms with van der Waals surface area (Å²) in [5.41, 5.74) is 1.52. The molecular formula is C16H19ClN2O4. The molecule has 1 aromatic carbocycles. The molecule has 7 heteroatoms. The van der Waals surface area contributed by atoms with Crippen LogP contribution in [-0.2, 0) is 9.59 Å². The van der Waals surface area contributed by atoms with Gasteiger partial charge in [0.05, 0.1) is 11.6 Å². The number of carbonyl (C=O) groups excluding carboxylic acids is 2. The van der Waals surface area contributed by atoms with Crippen molar-refractivity contribution in [1.29, 1.82) is 0 Å². The summed E-state index contributed by atoms with van der Waals surface area (Å²) < 4.78 is 0. The number of piperidine rings is 1. The highest BCUT2D eigenvalue weighted by molar-refractivity contribution is 6.32. The number of piperazine rings is 1. The Balaban J connectivity index is 1.88. The average Bonchev–Trinajstić information content (AvgIpc) is 2.54. The van der Waals surface area contributed by atoms with E-state index in [1.54, 1.807) is 12.1 Å². The maximum Gasteiger partial charge on any atom is 0.248 e. The van der Waals surface area contributed by atoms with Crippen molar-refractivity contribution in [2.45, 2.75) is 37.8 Å². The lowest BCUT2D eigenvalue weighted by Crippen LogP contribution is -2.66. The van der Waals surface area contributed by atoms with Crippen molar-refractivity contribution >= 4 is 23.4 Å². The van der Waals surface area contributed by atoms with E-state index in [1.165, 1.54) is 4.90 Å². The second-order valence-electron chi connectivity index (χ2n) is 6.14. The molecule has 3 N–H and O–H groups in total. The molecule has 0 unspecified atom stereocenters. The van der Waals surface area contributed by atoms with Crippen molar-refractivity contribution in [3.05, 3.63) is 28.3 Å². The summed E-state index contributed by atoms with van der Waals surface area (Å²) in [5.74, 6) is -0.491. The average molecular weight is 339 g/mol. The summed E-state index contributed by atoms with van der Waals surface area (Å²) >= 11 is 6.34. The predicted octanol–water partition coefficient (Wildman–Crippen LogP) is 0.919. The van der Waals surface area contributed by atoms with Crippen molar-refractivity contribution < 1.29 is 19.8 Å². The number of fused-ring (bicyclic) bond motifs is 1. The molecule has 0 bridgehead atoms. The minimum Gasteiger partial charge on any atom is -0.508 e. The first-order valence-electron chi connectivity index (χ1n) is 7.63. The molecule has 2 aliphatic heterocycles. The summed E-state index contributed by atoms with van der Waals surface area (Å²) in [4.78, 5) is 26.0. The van der Waals surface area contributed by atoms with Crippen LogP contribution in [0.2, 0.25) is 5.02 Å². The van der Waals surface area contributed by atoms with Crippen molar-refractivity contribution in [3.63, 3.8) is 0 Å². The van der Waals surface area contributed by atoms with Gasteiger partial charge in [-0.1, -0.05) is 17.7 Å². The lowest BCUT2D eigenvalue weighted by atomic mass is 9.82. The molecule has 0 radical (unpaired) electrons. The summed E-state index contributed by atoms with van der Waals surface area (Å²) in [5, 5.41) is 22.4. The Morgan fingerprint density at radius 1 is 1.39 bits per heavy atom. The Labute approximate surface area is 139 Å². The second kappa shape index (κ2) is 6.02. The van der Waals surface area contributed by atoms with Gasteiger partial charge in [0, 0.05) is 12.1 Å². The van der Waals surface area contributed by atoms with E-state index in [1.807, 2.05) is 6.92 Å². The number of hydrogen-bond acceptors (Lipinski definition) is 4. The summed E-state index contributed by atoms with van der Waals surface area (Å²) in [7, 11) is 0. The number of nitrogens with one attached hydrogen (secondary N) is 1. The number of phenolic OH excluding ortho intramolecular Hbond substituents is 1. The smallest absolute Gasteiger partial charge is 0.248 e. The van der Waals surface area contributed by atoms with E-state index >= 15 is 0 Å². The lowest BCUT2D eigenvalue weighted by molar-refractivity contribution is -0.152. The first-order valence-corrected chi connectivity index (χ1v) is 8.01. The third-order valence-corrected chi connectivity index (χ3v) is 5.25. The fourth-order valence-corrected chi connectivity index (χ4v) is 3.79. The van der Waals surface area contributed by atoms with Crippen LogP contribution in [0.1, 0.15) is 29.9 Å². The number of amides is 2. The van der Waals surface area contributed by atoms with Crippen LogP contribution in [0.5, 0.6) is 5.75 Å². The molecule has 2 aliphatic rings. The molecule has 2 amide bonds. The Kier molecular flexibility index (Phi) is 4.21. The fourth-order valence-electron chi connectivity index (χ4n) is 3.47. The minimum atomic E-state index is -0.855. The van der Waals surface area contributed by atoms with Crippen molar-refractivity contribution in [2.24, 2.45) is 0 Å². The molecule has 2 heterocycles. The number of halogens is 1. The standard InChI is InChI=1S/C16H19ClN2O4/c1-8-2-3-12(21)13(14(8)17)9-4-5-19-11(6-9)15(22)18-10(7-20)16(19)23/h2-3,9-11,20-21H,4-7H2,1H3,(H,18,22)/t9-,10-,11+/m1/s1. The zero-order chi connectivity index (χ0) is 16.7. The van der Waals surface area contributed by atoms with Crippen molar-refractivity contribution in [3.8, 4) is 5.75 Å². The zero-order valence-electron chi connectivity index (χ0n) is 12.8. The van der Waals surface area contributed by atoms with E-state index in [9.17, 15) is 19.8 Å². The van der Waals surface area contributed by atoms with Crippen molar-refractivity contribution in [2.75, 3.05) is 13.2 Å². The van der Waals surface area contributed by atoms with Gasteiger partial charge in [0.25, 0.3) is 0 Å². The SMILES string of the molecule is Cc1ccc(O)c([C@@H]2CCN3C(=O)[C@@H](CO)NC(=O)[C@@H]3C2)c1Cl. The number of phenols is 1. The third-order valence-electron chi connectivity index (χ3n) is 4.74. The highest BCUT2D eigenvalue weighted by atomic mass is 35.5. The highest BCUT2D eigenvalue weighted by Crippen LogP contribution is 2.42. The van der Waals surface area contributed by atoms with Crippen LogP contribution >= 0.6 is 11.6 Å². The van der Waals surface area contributed by atoms with E-state index in [0.717, 1.165) is 5.56 Å². The number of aliphatic hydroxyl groups is 1. The van der Waals surface area contributed by atoms with Gasteiger partial charge >= 0.3 is 0 Å². The lowest BCUT2D eigenvalue weighted by Gasteiger charge is -2.44. The van der Waals surface area contributed by atoms with E-state index in [-0.39, 0.29) is 23.5 Å². The number of nitrogens with zero attached hydrogens (tertiary/aromatic N) is 1. The largest absolute Gasteiger partial charge is 0.508 e. The van der Waals surface area contributed by atoms with Gasteiger partial charge in [-0.3, -0.25) is 9.59 Å². The third kappa shape index (κ3) is 2.66. The van der Waals surface area contributed by atoms with Crippen LogP contribution in [0.25, 0.3) is 0 Å². The molecule has 0 aliphatic carbocycles. The molecule has 3 atom stereocenters. The second-order valence-corrected chi connectivity index (χ2v) is 6.52. The zero-order valence-corrected chi connectivity index (χ0v) is 13.5. The Morgan fingerprint density at radius 2 is 2.13 bits per heavy atom. The van der Waals surface area contributed by atoms with E-state index in [0.29, 0.717) is 30.0 Å². The monoisotopic (exact) mass is 338 g/mol. The predicted molar refractivity (Wildman–Crippen MR) is 84.3 cm³/mol. The molecule has 124 valence electrons. The summed E-state index contributed by atoms with van der Waals surface area (Å²) in [6.07, 6.45) is 1.02. The van der Waals surface area contributed by atoms with Gasteiger partial charge in [-0.15, -0.1) is 0 Å². The molecule has 23 heavy (non-hydrogen) atoms. The van der Waals surface area contributed by atoms with Gasteiger partial charge in [-0.05, 0) is 37.3 Å². The minimum absolute atomic E-state index is 0.0899. The molecule has 2 fully saturated rings. The van der Waals surface area contributed by atoms with Crippen LogP contribution in [0.3, 0.4) is 0 Å². The van der Waals surface area contributed by atoms with Gasteiger partial charge in [0.15, 0.2) is 0 Å². The molecule has 0 saturated carbocycles. The Bertz CT molecular complexity index is 664. The number of carbonyl (C=O) groups is 2. The summed E-state index contributed by atoms with van der Waals surface area (Å²) in [6, 6.07) is 1.92. The maximum atomic E-state index is 12.2. The number of aliphatic hydroxyl groups excluding tert-OH is 1. The maximum absolute atomic E-state index is 12.2. The molecule has 3 rings (SSSR count). The molecule has 1 aromatic rings. The molecule has 6 nitrogen and oxygen atoms in total. The van der Waals surface area contributed by atoms with Crippen LogP contribution in [0, 0.1) is 6.92 Å². The number of rotatable bonds is 2. The van der Waals surface area contributed by atoms with Gasteiger partial charge in [-0.25, -0.2) is 0 Å². The summed E-state index contributed by atoms with van der Waals surface area (Å²) in [6.45, 7) is 1.87. The van der Waals surface area contributed by atoms with Crippen LogP contribution in [0.4, 0.5) is 0 Å². The Hall–Kier alpha value is -1.79. The van der Waals surface area contributed by atoms with Gasteiger partial charge < -0.3 is 20.4 Å². The van der Waals surface area contributed by atoms with E-state index in [4.69, 9.17) is 11.6 Å². The van der Waals surface area contributed by atoms with Crippen LogP contribution in [0.15, 0.2) is 12.1 Å². The molecule has 0 aromatic heterocycles.